The van der Waals surface area contributed by atoms with Gasteiger partial charge in [0.2, 0.25) is 0 Å². The van der Waals surface area contributed by atoms with Crippen LogP contribution in [0.3, 0.4) is 0 Å². The number of ether oxygens (including phenoxy) is 1. The van der Waals surface area contributed by atoms with Crippen LogP contribution >= 0.6 is 0 Å². The summed E-state index contributed by atoms with van der Waals surface area (Å²) in [5.74, 6) is -0.668. The van der Waals surface area contributed by atoms with Crippen LogP contribution in [0.25, 0.3) is 21.7 Å². The first-order chi connectivity index (χ1) is 12.0. The molecule has 2 aromatic carbocycles. The summed E-state index contributed by atoms with van der Waals surface area (Å²) in [5.41, 5.74) is -0.304. The number of carbonyl (C=O) groups is 1. The average Bonchev–Trinajstić information content (AvgIpc) is 3.02. The normalized spacial score (nSPS) is 20.2. The smallest absolute Gasteiger partial charge is 0.344 e. The molecular weight excluding hydrogens is 327 g/mol. The Hall–Kier alpha value is -2.89. The molecule has 1 N–H and O–H groups in total. The summed E-state index contributed by atoms with van der Waals surface area (Å²) in [5, 5.41) is 11.1. The Morgan fingerprint density at radius 1 is 1.12 bits per heavy atom. The third-order valence-electron chi connectivity index (χ3n) is 4.59. The number of alkyl halides is 1. The number of phenols is 1. The molecule has 25 heavy (non-hydrogen) atoms. The highest BCUT2D eigenvalue weighted by molar-refractivity contribution is 6.05. The van der Waals surface area contributed by atoms with Gasteiger partial charge in [0, 0.05) is 16.8 Å². The molecule has 0 spiro atoms. The van der Waals surface area contributed by atoms with E-state index in [-0.39, 0.29) is 28.9 Å². The van der Waals surface area contributed by atoms with Crippen molar-refractivity contribution in [1.82, 2.24) is 0 Å². The van der Waals surface area contributed by atoms with E-state index in [0.717, 1.165) is 0 Å². The summed E-state index contributed by atoms with van der Waals surface area (Å²) in [6, 6.07) is 9.24. The van der Waals surface area contributed by atoms with Crippen molar-refractivity contribution in [1.29, 1.82) is 0 Å². The minimum absolute atomic E-state index is 0.0209. The second-order valence-electron chi connectivity index (χ2n) is 6.31. The first-order valence-electron chi connectivity index (χ1n) is 8.06. The number of benzene rings is 2. The van der Waals surface area contributed by atoms with Crippen molar-refractivity contribution in [3.8, 4) is 11.5 Å². The fourth-order valence-electron chi connectivity index (χ4n) is 3.30. The van der Waals surface area contributed by atoms with Gasteiger partial charge in [-0.2, -0.15) is 0 Å². The molecule has 0 amide bonds. The molecule has 1 aromatic heterocycles. The van der Waals surface area contributed by atoms with Crippen molar-refractivity contribution >= 4 is 27.7 Å². The Morgan fingerprint density at radius 3 is 2.68 bits per heavy atom. The zero-order valence-electron chi connectivity index (χ0n) is 13.2. The van der Waals surface area contributed by atoms with Crippen LogP contribution in [-0.2, 0) is 4.79 Å². The standard InChI is InChI=1S/C19H15FO5/c20-11-2-1-10(7-11)18(22)24-13-4-6-15-14-5-3-12(21)8-16(14)19(23)25-17(15)9-13/h3-6,8-11,21H,1-2,7H2. The molecule has 0 aliphatic heterocycles. The summed E-state index contributed by atoms with van der Waals surface area (Å²) in [6.45, 7) is 0. The minimum Gasteiger partial charge on any atom is -0.508 e. The van der Waals surface area contributed by atoms with Crippen LogP contribution in [0.15, 0.2) is 45.6 Å². The highest BCUT2D eigenvalue weighted by Crippen LogP contribution is 2.31. The number of hydrogen-bond donors (Lipinski definition) is 1. The Balaban J connectivity index is 1.71. The predicted molar refractivity (Wildman–Crippen MR) is 89.5 cm³/mol. The lowest BCUT2D eigenvalue weighted by molar-refractivity contribution is -0.138. The third-order valence-corrected chi connectivity index (χ3v) is 4.59. The molecule has 2 atom stereocenters. The van der Waals surface area contributed by atoms with Crippen molar-refractivity contribution < 1.29 is 23.4 Å². The molecule has 1 aliphatic rings. The number of aromatic hydroxyl groups is 1. The molecule has 2 unspecified atom stereocenters. The molecule has 5 nitrogen and oxygen atoms in total. The number of fused-ring (bicyclic) bond motifs is 3. The lowest BCUT2D eigenvalue weighted by Gasteiger charge is -2.10. The Bertz CT molecular complexity index is 1040. The summed E-state index contributed by atoms with van der Waals surface area (Å²) in [6.07, 6.45) is 0.104. The van der Waals surface area contributed by atoms with E-state index < -0.39 is 23.7 Å². The molecule has 4 rings (SSSR count). The highest BCUT2D eigenvalue weighted by atomic mass is 19.1. The van der Waals surface area contributed by atoms with E-state index in [1.807, 2.05) is 0 Å². The molecule has 0 bridgehead atoms. The van der Waals surface area contributed by atoms with E-state index in [4.69, 9.17) is 9.15 Å². The van der Waals surface area contributed by atoms with Gasteiger partial charge in [0.1, 0.15) is 23.3 Å². The van der Waals surface area contributed by atoms with Crippen molar-refractivity contribution in [2.24, 2.45) is 5.92 Å². The van der Waals surface area contributed by atoms with Gasteiger partial charge in [-0.05, 0) is 49.6 Å². The van der Waals surface area contributed by atoms with Crippen LogP contribution in [0, 0.1) is 5.92 Å². The van der Waals surface area contributed by atoms with Crippen LogP contribution in [0.2, 0.25) is 0 Å². The topological polar surface area (TPSA) is 76.7 Å². The zero-order chi connectivity index (χ0) is 17.6. The number of halogens is 1. The maximum Gasteiger partial charge on any atom is 0.344 e. The Morgan fingerprint density at radius 2 is 1.92 bits per heavy atom. The average molecular weight is 342 g/mol. The van der Waals surface area contributed by atoms with Gasteiger partial charge in [0.25, 0.3) is 0 Å². The summed E-state index contributed by atoms with van der Waals surface area (Å²) in [7, 11) is 0. The van der Waals surface area contributed by atoms with Crippen molar-refractivity contribution in [2.45, 2.75) is 25.4 Å². The fraction of sp³-hybridized carbons (Fsp3) is 0.263. The van der Waals surface area contributed by atoms with E-state index in [1.54, 1.807) is 18.2 Å². The molecule has 3 aromatic rings. The first-order valence-corrected chi connectivity index (χ1v) is 8.06. The largest absolute Gasteiger partial charge is 0.508 e. The SMILES string of the molecule is O=C(Oc1ccc2c(c1)oc(=O)c1cc(O)ccc12)C1CCC(F)C1. The minimum atomic E-state index is -0.949. The molecule has 1 aliphatic carbocycles. The number of rotatable bonds is 2. The molecule has 1 heterocycles. The van der Waals surface area contributed by atoms with Crippen molar-refractivity contribution in [3.63, 3.8) is 0 Å². The fourth-order valence-corrected chi connectivity index (χ4v) is 3.30. The van der Waals surface area contributed by atoms with Gasteiger partial charge in [-0.3, -0.25) is 4.79 Å². The van der Waals surface area contributed by atoms with Gasteiger partial charge in [-0.15, -0.1) is 0 Å². The van der Waals surface area contributed by atoms with Crippen LogP contribution in [0.5, 0.6) is 11.5 Å². The van der Waals surface area contributed by atoms with Gasteiger partial charge in [0.05, 0.1) is 11.3 Å². The number of hydrogen-bond acceptors (Lipinski definition) is 5. The first kappa shape index (κ1) is 15.6. The van der Waals surface area contributed by atoms with E-state index in [2.05, 4.69) is 0 Å². The monoisotopic (exact) mass is 342 g/mol. The molecule has 128 valence electrons. The van der Waals surface area contributed by atoms with E-state index in [1.165, 1.54) is 18.2 Å². The molecule has 0 saturated heterocycles. The summed E-state index contributed by atoms with van der Waals surface area (Å²) >= 11 is 0. The van der Waals surface area contributed by atoms with Crippen LogP contribution in [0.1, 0.15) is 19.3 Å². The van der Waals surface area contributed by atoms with Crippen LogP contribution in [0.4, 0.5) is 4.39 Å². The Labute approximate surface area is 141 Å². The number of carbonyl (C=O) groups excluding carboxylic acids is 1. The number of phenolic OH excluding ortho intramolecular Hbond substituents is 1. The summed E-state index contributed by atoms with van der Waals surface area (Å²) < 4.78 is 23.8. The quantitative estimate of drug-likeness (QED) is 0.333. The second kappa shape index (κ2) is 5.88. The maximum absolute atomic E-state index is 13.2. The highest BCUT2D eigenvalue weighted by Gasteiger charge is 2.31. The number of esters is 1. The second-order valence-corrected chi connectivity index (χ2v) is 6.31. The predicted octanol–water partition coefficient (Wildman–Crippen LogP) is 3.70. The molecule has 1 saturated carbocycles. The molecular formula is C19H15FO5. The van der Waals surface area contributed by atoms with E-state index >= 15 is 0 Å². The lowest BCUT2D eigenvalue weighted by atomic mass is 10.1. The molecule has 1 fully saturated rings. The van der Waals surface area contributed by atoms with Crippen LogP contribution in [-0.4, -0.2) is 17.2 Å². The van der Waals surface area contributed by atoms with Gasteiger partial charge >= 0.3 is 11.6 Å². The van der Waals surface area contributed by atoms with E-state index in [0.29, 0.717) is 23.6 Å². The van der Waals surface area contributed by atoms with Crippen molar-refractivity contribution in [2.75, 3.05) is 0 Å². The van der Waals surface area contributed by atoms with Gasteiger partial charge in [0.15, 0.2) is 0 Å². The van der Waals surface area contributed by atoms with Crippen molar-refractivity contribution in [3.05, 3.63) is 46.8 Å². The molecule has 0 radical (unpaired) electrons. The zero-order valence-corrected chi connectivity index (χ0v) is 13.2. The lowest BCUT2D eigenvalue weighted by Crippen LogP contribution is -2.18. The van der Waals surface area contributed by atoms with Gasteiger partial charge < -0.3 is 14.3 Å². The van der Waals surface area contributed by atoms with Gasteiger partial charge in [-0.1, -0.05) is 0 Å². The summed E-state index contributed by atoms with van der Waals surface area (Å²) in [4.78, 5) is 24.2. The Kier molecular flexibility index (Phi) is 3.67. The van der Waals surface area contributed by atoms with Gasteiger partial charge in [-0.25, -0.2) is 9.18 Å². The maximum atomic E-state index is 13.2. The van der Waals surface area contributed by atoms with E-state index in [9.17, 15) is 19.1 Å². The third kappa shape index (κ3) is 2.84. The van der Waals surface area contributed by atoms with Crippen LogP contribution < -0.4 is 10.4 Å². The molecule has 6 heteroatoms.